The number of ether oxygens (including phenoxy) is 1. The molecule has 0 saturated heterocycles. The van der Waals surface area contributed by atoms with E-state index in [1.54, 1.807) is 18.9 Å². The summed E-state index contributed by atoms with van der Waals surface area (Å²) in [6, 6.07) is 14.9. The summed E-state index contributed by atoms with van der Waals surface area (Å²) in [7, 11) is 1.62. The molecule has 1 unspecified atom stereocenters. The minimum absolute atomic E-state index is 0.0707. The van der Waals surface area contributed by atoms with Crippen molar-refractivity contribution in [3.63, 3.8) is 0 Å². The van der Waals surface area contributed by atoms with Crippen LogP contribution in [0.5, 0.6) is 5.75 Å². The van der Waals surface area contributed by atoms with Crippen LogP contribution in [0, 0.1) is 12.8 Å². The van der Waals surface area contributed by atoms with Gasteiger partial charge < -0.3 is 15.0 Å². The zero-order chi connectivity index (χ0) is 21.4. The molecule has 0 saturated carbocycles. The molecule has 0 bridgehead atoms. The molecule has 2 aromatic rings. The highest BCUT2D eigenvalue weighted by molar-refractivity contribution is 5.88. The molecule has 0 aliphatic rings. The van der Waals surface area contributed by atoms with Crippen LogP contribution in [-0.2, 0) is 22.6 Å². The third-order valence-corrected chi connectivity index (χ3v) is 4.80. The Bertz CT molecular complexity index is 815. The van der Waals surface area contributed by atoms with Gasteiger partial charge in [0.25, 0.3) is 0 Å². The van der Waals surface area contributed by atoms with Crippen molar-refractivity contribution in [3.8, 4) is 5.75 Å². The molecule has 29 heavy (non-hydrogen) atoms. The lowest BCUT2D eigenvalue weighted by Crippen LogP contribution is -2.48. The zero-order valence-electron chi connectivity index (χ0n) is 18.1. The van der Waals surface area contributed by atoms with E-state index in [1.807, 2.05) is 69.3 Å². The highest BCUT2D eigenvalue weighted by atomic mass is 16.5. The monoisotopic (exact) mass is 396 g/mol. The van der Waals surface area contributed by atoms with Gasteiger partial charge in [-0.25, -0.2) is 0 Å². The first kappa shape index (κ1) is 22.5. The molecule has 1 atom stereocenters. The van der Waals surface area contributed by atoms with E-state index < -0.39 is 6.04 Å². The van der Waals surface area contributed by atoms with Gasteiger partial charge in [-0.2, -0.15) is 0 Å². The van der Waals surface area contributed by atoms with Gasteiger partial charge in [-0.3, -0.25) is 9.59 Å². The first-order chi connectivity index (χ1) is 13.8. The molecule has 0 aliphatic heterocycles. The van der Waals surface area contributed by atoms with E-state index in [1.165, 1.54) is 0 Å². The maximum absolute atomic E-state index is 13.2. The minimum Gasteiger partial charge on any atom is -0.497 e. The Morgan fingerprint density at radius 3 is 2.31 bits per heavy atom. The fraction of sp³-hybridized carbons (Fsp3) is 0.417. The Morgan fingerprint density at radius 1 is 1.03 bits per heavy atom. The number of hydrogen-bond donors (Lipinski definition) is 1. The van der Waals surface area contributed by atoms with Crippen LogP contribution in [0.4, 0.5) is 0 Å². The molecule has 0 spiro atoms. The number of amides is 2. The second kappa shape index (κ2) is 10.6. The molecule has 2 aromatic carbocycles. The molecule has 1 N–H and O–H groups in total. The first-order valence-corrected chi connectivity index (χ1v) is 10.1. The topological polar surface area (TPSA) is 58.6 Å². The Hall–Kier alpha value is -2.82. The van der Waals surface area contributed by atoms with E-state index in [9.17, 15) is 9.59 Å². The minimum atomic E-state index is -0.562. The first-order valence-electron chi connectivity index (χ1n) is 10.1. The standard InChI is InChI=1S/C24H32N2O3/c1-17(2)15-25-24(28)19(4)26(16-20-9-11-22(29-5)12-10-20)23(27)14-21-8-6-7-18(3)13-21/h6-13,17,19H,14-16H2,1-5H3,(H,25,28). The van der Waals surface area contributed by atoms with Crippen LogP contribution in [0.25, 0.3) is 0 Å². The number of methoxy groups -OCH3 is 1. The van der Waals surface area contributed by atoms with Crippen LogP contribution in [0.3, 0.4) is 0 Å². The molecule has 156 valence electrons. The fourth-order valence-corrected chi connectivity index (χ4v) is 3.06. The summed E-state index contributed by atoms with van der Waals surface area (Å²) in [5, 5.41) is 2.94. The molecule has 0 aromatic heterocycles. The van der Waals surface area contributed by atoms with Crippen LogP contribution >= 0.6 is 0 Å². The second-order valence-corrected chi connectivity index (χ2v) is 7.85. The van der Waals surface area contributed by atoms with Gasteiger partial charge in [0, 0.05) is 13.1 Å². The summed E-state index contributed by atoms with van der Waals surface area (Å²) in [6.45, 7) is 8.83. The average molecular weight is 397 g/mol. The maximum atomic E-state index is 13.2. The fourth-order valence-electron chi connectivity index (χ4n) is 3.06. The van der Waals surface area contributed by atoms with E-state index in [0.29, 0.717) is 19.0 Å². The SMILES string of the molecule is COc1ccc(CN(C(=O)Cc2cccc(C)c2)C(C)C(=O)NCC(C)C)cc1. The van der Waals surface area contributed by atoms with Crippen molar-refractivity contribution in [3.05, 3.63) is 65.2 Å². The van der Waals surface area contributed by atoms with Crippen molar-refractivity contribution in [1.82, 2.24) is 10.2 Å². The van der Waals surface area contributed by atoms with Gasteiger partial charge in [0.05, 0.1) is 13.5 Å². The van der Waals surface area contributed by atoms with Crippen molar-refractivity contribution in [1.29, 1.82) is 0 Å². The normalized spacial score (nSPS) is 11.8. The van der Waals surface area contributed by atoms with Crippen LogP contribution in [0.2, 0.25) is 0 Å². The van der Waals surface area contributed by atoms with Crippen LogP contribution < -0.4 is 10.1 Å². The Labute approximate surface area is 174 Å². The molecule has 0 radical (unpaired) electrons. The lowest BCUT2D eigenvalue weighted by atomic mass is 10.1. The van der Waals surface area contributed by atoms with Crippen LogP contribution in [0.15, 0.2) is 48.5 Å². The van der Waals surface area contributed by atoms with Gasteiger partial charge in [-0.05, 0) is 43.0 Å². The van der Waals surface area contributed by atoms with Crippen molar-refractivity contribution in [2.24, 2.45) is 5.92 Å². The summed E-state index contributed by atoms with van der Waals surface area (Å²) < 4.78 is 5.21. The van der Waals surface area contributed by atoms with E-state index in [-0.39, 0.29) is 18.2 Å². The van der Waals surface area contributed by atoms with Gasteiger partial charge in [-0.15, -0.1) is 0 Å². The molecule has 5 nitrogen and oxygen atoms in total. The van der Waals surface area contributed by atoms with Gasteiger partial charge in [0.2, 0.25) is 11.8 Å². The Morgan fingerprint density at radius 2 is 1.72 bits per heavy atom. The number of hydrogen-bond acceptors (Lipinski definition) is 3. The molecule has 5 heteroatoms. The van der Waals surface area contributed by atoms with Crippen molar-refractivity contribution in [2.45, 2.75) is 46.7 Å². The van der Waals surface area contributed by atoms with Crippen molar-refractivity contribution < 1.29 is 14.3 Å². The van der Waals surface area contributed by atoms with Gasteiger partial charge in [0.1, 0.15) is 11.8 Å². The van der Waals surface area contributed by atoms with Crippen LogP contribution in [-0.4, -0.2) is 36.4 Å². The van der Waals surface area contributed by atoms with Gasteiger partial charge in [0.15, 0.2) is 0 Å². The zero-order valence-corrected chi connectivity index (χ0v) is 18.1. The van der Waals surface area contributed by atoms with Gasteiger partial charge >= 0.3 is 0 Å². The van der Waals surface area contributed by atoms with Gasteiger partial charge in [-0.1, -0.05) is 55.8 Å². The average Bonchev–Trinajstić information content (AvgIpc) is 2.70. The predicted octanol–water partition coefficient (Wildman–Crippen LogP) is 3.74. The Balaban J connectivity index is 2.20. The molecule has 0 heterocycles. The number of carbonyl (C=O) groups is 2. The number of benzene rings is 2. The quantitative estimate of drug-likeness (QED) is 0.703. The molecular formula is C24H32N2O3. The van der Waals surface area contributed by atoms with Crippen LogP contribution in [0.1, 0.15) is 37.5 Å². The molecule has 0 fully saturated rings. The van der Waals surface area contributed by atoms with Crippen molar-refractivity contribution in [2.75, 3.05) is 13.7 Å². The lowest BCUT2D eigenvalue weighted by molar-refractivity contribution is -0.140. The number of nitrogens with zero attached hydrogens (tertiary/aromatic N) is 1. The number of carbonyl (C=O) groups excluding carboxylic acids is 2. The Kier molecular flexibility index (Phi) is 8.25. The van der Waals surface area contributed by atoms with E-state index in [2.05, 4.69) is 5.32 Å². The second-order valence-electron chi connectivity index (χ2n) is 7.85. The summed E-state index contributed by atoms with van der Waals surface area (Å²) in [5.74, 6) is 0.904. The summed E-state index contributed by atoms with van der Waals surface area (Å²) in [6.07, 6.45) is 0.264. The lowest BCUT2D eigenvalue weighted by Gasteiger charge is -2.29. The van der Waals surface area contributed by atoms with E-state index in [0.717, 1.165) is 22.4 Å². The van der Waals surface area contributed by atoms with E-state index >= 15 is 0 Å². The number of nitrogens with one attached hydrogen (secondary N) is 1. The molecular weight excluding hydrogens is 364 g/mol. The maximum Gasteiger partial charge on any atom is 0.242 e. The number of aryl methyl sites for hydroxylation is 1. The van der Waals surface area contributed by atoms with E-state index in [4.69, 9.17) is 4.74 Å². The third-order valence-electron chi connectivity index (χ3n) is 4.80. The highest BCUT2D eigenvalue weighted by Gasteiger charge is 2.26. The summed E-state index contributed by atoms with van der Waals surface area (Å²) in [5.41, 5.74) is 3.01. The summed E-state index contributed by atoms with van der Waals surface area (Å²) >= 11 is 0. The molecule has 0 aliphatic carbocycles. The largest absolute Gasteiger partial charge is 0.497 e. The smallest absolute Gasteiger partial charge is 0.242 e. The predicted molar refractivity (Wildman–Crippen MR) is 116 cm³/mol. The number of rotatable bonds is 9. The third kappa shape index (κ3) is 6.93. The molecule has 2 amide bonds. The van der Waals surface area contributed by atoms with Crippen molar-refractivity contribution >= 4 is 11.8 Å². The molecule has 2 rings (SSSR count). The summed E-state index contributed by atoms with van der Waals surface area (Å²) in [4.78, 5) is 27.5. The highest BCUT2D eigenvalue weighted by Crippen LogP contribution is 2.16.